The zero-order chi connectivity index (χ0) is 14.7. The smallest absolute Gasteiger partial charge is 0.258 e. The molecule has 20 heavy (non-hydrogen) atoms. The number of hydrogen-bond donors (Lipinski definition) is 2. The molecule has 104 valence electrons. The number of rotatable bonds is 3. The predicted molar refractivity (Wildman–Crippen MR) is 81.3 cm³/mol. The van der Waals surface area contributed by atoms with Crippen molar-refractivity contribution in [2.45, 2.75) is 6.92 Å². The fourth-order valence-electron chi connectivity index (χ4n) is 1.93. The normalized spacial score (nSPS) is 10.3. The number of halogens is 1. The van der Waals surface area contributed by atoms with E-state index >= 15 is 0 Å². The number of aromatic hydroxyl groups is 1. The standard InChI is InChI=1S/C15H15ClN2O2/c1-2-18(12-5-3-4-11(17)9-12)15(20)10-6-7-14(19)13(16)8-10/h3-9,19H,2,17H2,1H3. The molecule has 2 aromatic carbocycles. The van der Waals surface area contributed by atoms with Gasteiger partial charge in [0.2, 0.25) is 0 Å². The molecule has 0 fully saturated rings. The van der Waals surface area contributed by atoms with Crippen LogP contribution in [0.1, 0.15) is 17.3 Å². The van der Waals surface area contributed by atoms with Crippen LogP contribution in [0.2, 0.25) is 5.02 Å². The van der Waals surface area contributed by atoms with Gasteiger partial charge in [0.15, 0.2) is 0 Å². The number of carbonyl (C=O) groups is 1. The van der Waals surface area contributed by atoms with Crippen molar-refractivity contribution >= 4 is 28.9 Å². The number of carbonyl (C=O) groups excluding carboxylic acids is 1. The zero-order valence-electron chi connectivity index (χ0n) is 11.0. The molecule has 1 amide bonds. The second kappa shape index (κ2) is 5.84. The van der Waals surface area contributed by atoms with Crippen LogP contribution in [0.25, 0.3) is 0 Å². The van der Waals surface area contributed by atoms with Crippen LogP contribution in [-0.4, -0.2) is 17.6 Å². The Morgan fingerprint density at radius 2 is 2.05 bits per heavy atom. The van der Waals surface area contributed by atoms with Crippen molar-refractivity contribution in [3.8, 4) is 5.75 Å². The molecule has 0 bridgehead atoms. The Labute approximate surface area is 122 Å². The molecule has 2 aromatic rings. The topological polar surface area (TPSA) is 66.6 Å². The number of anilines is 2. The highest BCUT2D eigenvalue weighted by atomic mass is 35.5. The lowest BCUT2D eigenvalue weighted by molar-refractivity contribution is 0.0988. The van der Waals surface area contributed by atoms with Crippen molar-refractivity contribution in [2.24, 2.45) is 0 Å². The lowest BCUT2D eigenvalue weighted by Gasteiger charge is -2.21. The van der Waals surface area contributed by atoms with Gasteiger partial charge in [-0.1, -0.05) is 17.7 Å². The Morgan fingerprint density at radius 3 is 2.65 bits per heavy atom. The number of phenols is 1. The maximum atomic E-state index is 12.5. The van der Waals surface area contributed by atoms with E-state index in [1.54, 1.807) is 29.2 Å². The van der Waals surface area contributed by atoms with E-state index in [4.69, 9.17) is 17.3 Å². The fourth-order valence-corrected chi connectivity index (χ4v) is 2.11. The average Bonchev–Trinajstić information content (AvgIpc) is 2.42. The van der Waals surface area contributed by atoms with E-state index in [1.165, 1.54) is 12.1 Å². The highest BCUT2D eigenvalue weighted by Gasteiger charge is 2.17. The van der Waals surface area contributed by atoms with E-state index in [0.717, 1.165) is 5.69 Å². The molecule has 0 aromatic heterocycles. The van der Waals surface area contributed by atoms with Crippen LogP contribution in [0.4, 0.5) is 11.4 Å². The molecule has 0 aliphatic rings. The molecule has 0 radical (unpaired) electrons. The molecule has 0 atom stereocenters. The third-order valence-corrected chi connectivity index (χ3v) is 3.24. The molecular weight excluding hydrogens is 276 g/mol. The van der Waals surface area contributed by atoms with Crippen molar-refractivity contribution in [1.82, 2.24) is 0 Å². The van der Waals surface area contributed by atoms with Crippen LogP contribution in [0.3, 0.4) is 0 Å². The summed E-state index contributed by atoms with van der Waals surface area (Å²) >= 11 is 5.84. The van der Waals surface area contributed by atoms with Crippen molar-refractivity contribution in [3.05, 3.63) is 53.1 Å². The summed E-state index contributed by atoms with van der Waals surface area (Å²) in [4.78, 5) is 14.1. The minimum atomic E-state index is -0.194. The number of nitrogen functional groups attached to an aromatic ring is 1. The van der Waals surface area contributed by atoms with Gasteiger partial charge in [-0.25, -0.2) is 0 Å². The summed E-state index contributed by atoms with van der Waals surface area (Å²) in [5.41, 5.74) is 7.47. The van der Waals surface area contributed by atoms with Gasteiger partial charge in [0.25, 0.3) is 5.91 Å². The van der Waals surface area contributed by atoms with Crippen LogP contribution in [0.15, 0.2) is 42.5 Å². The third kappa shape index (κ3) is 2.86. The number of phenolic OH excluding ortho intramolecular Hbond substituents is 1. The second-order valence-electron chi connectivity index (χ2n) is 4.31. The van der Waals surface area contributed by atoms with Gasteiger partial charge in [-0.15, -0.1) is 0 Å². The average molecular weight is 291 g/mol. The summed E-state index contributed by atoms with van der Waals surface area (Å²) in [6.45, 7) is 2.38. The summed E-state index contributed by atoms with van der Waals surface area (Å²) in [5, 5.41) is 9.55. The number of nitrogens with two attached hydrogens (primary N) is 1. The number of amides is 1. The minimum absolute atomic E-state index is 0.0461. The second-order valence-corrected chi connectivity index (χ2v) is 4.72. The third-order valence-electron chi connectivity index (χ3n) is 2.94. The number of nitrogens with zero attached hydrogens (tertiary/aromatic N) is 1. The zero-order valence-corrected chi connectivity index (χ0v) is 11.8. The summed E-state index contributed by atoms with van der Waals surface area (Å²) in [7, 11) is 0. The van der Waals surface area contributed by atoms with E-state index in [2.05, 4.69) is 0 Å². The van der Waals surface area contributed by atoms with E-state index in [9.17, 15) is 9.90 Å². The molecule has 0 spiro atoms. The van der Waals surface area contributed by atoms with Gasteiger partial charge in [-0.05, 0) is 43.3 Å². The van der Waals surface area contributed by atoms with Gasteiger partial charge in [0.05, 0.1) is 5.02 Å². The first-order valence-electron chi connectivity index (χ1n) is 6.19. The first-order chi connectivity index (χ1) is 9.52. The molecule has 0 unspecified atom stereocenters. The Kier molecular flexibility index (Phi) is 4.15. The van der Waals surface area contributed by atoms with Crippen molar-refractivity contribution in [1.29, 1.82) is 0 Å². The largest absolute Gasteiger partial charge is 0.506 e. The summed E-state index contributed by atoms with van der Waals surface area (Å²) in [6.07, 6.45) is 0. The lowest BCUT2D eigenvalue weighted by atomic mass is 10.1. The van der Waals surface area contributed by atoms with Crippen LogP contribution >= 0.6 is 11.6 Å². The van der Waals surface area contributed by atoms with Crippen LogP contribution in [-0.2, 0) is 0 Å². The van der Waals surface area contributed by atoms with Crippen LogP contribution in [0, 0.1) is 0 Å². The number of hydrogen-bond acceptors (Lipinski definition) is 3. The summed E-state index contributed by atoms with van der Waals surface area (Å²) in [6, 6.07) is 11.5. The molecule has 0 saturated carbocycles. The lowest BCUT2D eigenvalue weighted by Crippen LogP contribution is -2.30. The highest BCUT2D eigenvalue weighted by Crippen LogP contribution is 2.26. The minimum Gasteiger partial charge on any atom is -0.506 e. The monoisotopic (exact) mass is 290 g/mol. The first-order valence-corrected chi connectivity index (χ1v) is 6.56. The Morgan fingerprint density at radius 1 is 1.30 bits per heavy atom. The molecule has 0 saturated heterocycles. The van der Waals surface area contributed by atoms with Gasteiger partial charge >= 0.3 is 0 Å². The van der Waals surface area contributed by atoms with Crippen molar-refractivity contribution in [3.63, 3.8) is 0 Å². The molecule has 0 heterocycles. The van der Waals surface area contributed by atoms with Gasteiger partial charge in [-0.3, -0.25) is 4.79 Å². The van der Waals surface area contributed by atoms with Gasteiger partial charge in [0, 0.05) is 23.5 Å². The Bertz CT molecular complexity index is 644. The van der Waals surface area contributed by atoms with E-state index in [1.807, 2.05) is 13.0 Å². The molecule has 2 rings (SSSR count). The van der Waals surface area contributed by atoms with Crippen molar-refractivity contribution in [2.75, 3.05) is 17.2 Å². The highest BCUT2D eigenvalue weighted by molar-refractivity contribution is 6.32. The summed E-state index contributed by atoms with van der Waals surface area (Å²) < 4.78 is 0. The molecule has 0 aliphatic carbocycles. The molecule has 4 nitrogen and oxygen atoms in total. The summed E-state index contributed by atoms with van der Waals surface area (Å²) in [5.74, 6) is -0.241. The van der Waals surface area contributed by atoms with Gasteiger partial charge in [0.1, 0.15) is 5.75 Å². The SMILES string of the molecule is CCN(C(=O)c1ccc(O)c(Cl)c1)c1cccc(N)c1. The number of benzene rings is 2. The van der Waals surface area contributed by atoms with E-state index < -0.39 is 0 Å². The van der Waals surface area contributed by atoms with E-state index in [-0.39, 0.29) is 16.7 Å². The van der Waals surface area contributed by atoms with Gasteiger partial charge in [-0.2, -0.15) is 0 Å². The predicted octanol–water partition coefficient (Wildman–Crippen LogP) is 3.29. The fraction of sp³-hybridized carbons (Fsp3) is 0.133. The van der Waals surface area contributed by atoms with Gasteiger partial charge < -0.3 is 15.7 Å². The van der Waals surface area contributed by atoms with Crippen LogP contribution in [0.5, 0.6) is 5.75 Å². The molecular formula is C15H15ClN2O2. The Hall–Kier alpha value is -2.20. The van der Waals surface area contributed by atoms with Crippen molar-refractivity contribution < 1.29 is 9.90 Å². The Balaban J connectivity index is 2.36. The molecule has 5 heteroatoms. The van der Waals surface area contributed by atoms with E-state index in [0.29, 0.717) is 17.8 Å². The first kappa shape index (κ1) is 14.2. The molecule has 0 aliphatic heterocycles. The van der Waals surface area contributed by atoms with Crippen LogP contribution < -0.4 is 10.6 Å². The molecule has 3 N–H and O–H groups in total. The maximum absolute atomic E-state index is 12.5. The maximum Gasteiger partial charge on any atom is 0.258 e. The quantitative estimate of drug-likeness (QED) is 0.852.